The smallest absolute Gasteiger partial charge is 0.231 e. The molecule has 0 spiro atoms. The number of para-hydroxylation sites is 1. The average Bonchev–Trinajstić information content (AvgIpc) is 3.26. The van der Waals surface area contributed by atoms with Gasteiger partial charge in [0.2, 0.25) is 5.91 Å². The third kappa shape index (κ3) is 4.91. The minimum absolute atomic E-state index is 0.0383. The SMILES string of the molecule is CCCCCCNC(=O)C1C(c2ccccc2)=NN(c2ccccc2)C1c1ccccc1. The molecule has 2 unspecified atom stereocenters. The van der Waals surface area contributed by atoms with Crippen molar-refractivity contribution in [3.63, 3.8) is 0 Å². The van der Waals surface area contributed by atoms with Crippen molar-refractivity contribution in [3.8, 4) is 0 Å². The van der Waals surface area contributed by atoms with Crippen molar-refractivity contribution in [2.24, 2.45) is 11.0 Å². The molecule has 2 atom stereocenters. The highest BCUT2D eigenvalue weighted by molar-refractivity contribution is 6.15. The van der Waals surface area contributed by atoms with Gasteiger partial charge in [0, 0.05) is 6.54 Å². The van der Waals surface area contributed by atoms with Crippen LogP contribution in [0.5, 0.6) is 0 Å². The van der Waals surface area contributed by atoms with Gasteiger partial charge in [-0.15, -0.1) is 0 Å². The Kier molecular flexibility index (Phi) is 7.34. The van der Waals surface area contributed by atoms with Crippen LogP contribution in [0.15, 0.2) is 96.1 Å². The average molecular weight is 426 g/mol. The van der Waals surface area contributed by atoms with E-state index in [0.29, 0.717) is 6.54 Å². The van der Waals surface area contributed by atoms with E-state index in [1.165, 1.54) is 12.8 Å². The maximum atomic E-state index is 13.6. The van der Waals surface area contributed by atoms with Gasteiger partial charge in [-0.2, -0.15) is 5.10 Å². The highest BCUT2D eigenvalue weighted by Gasteiger charge is 2.43. The lowest BCUT2D eigenvalue weighted by Crippen LogP contribution is -2.39. The molecule has 4 heteroatoms. The standard InChI is InChI=1S/C28H31N3O/c1-2-3-4-14-21-29-28(32)25-26(22-15-8-5-9-16-22)30-31(24-19-12-7-13-20-24)27(25)23-17-10-6-11-18-23/h5-13,15-20,25,27H,2-4,14,21H2,1H3,(H,29,32). The van der Waals surface area contributed by atoms with Crippen molar-refractivity contribution >= 4 is 17.3 Å². The summed E-state index contributed by atoms with van der Waals surface area (Å²) < 4.78 is 0. The Labute approximate surface area is 191 Å². The third-order valence-electron chi connectivity index (χ3n) is 5.93. The van der Waals surface area contributed by atoms with E-state index in [1.807, 2.05) is 83.9 Å². The second kappa shape index (κ2) is 10.8. The summed E-state index contributed by atoms with van der Waals surface area (Å²) in [5.41, 5.74) is 3.86. The van der Waals surface area contributed by atoms with Crippen molar-refractivity contribution in [2.75, 3.05) is 11.6 Å². The van der Waals surface area contributed by atoms with Crippen LogP contribution in [0.4, 0.5) is 5.69 Å². The van der Waals surface area contributed by atoms with Crippen molar-refractivity contribution in [3.05, 3.63) is 102 Å². The number of hydrogen-bond acceptors (Lipinski definition) is 3. The maximum absolute atomic E-state index is 13.6. The van der Waals surface area contributed by atoms with Crippen LogP contribution in [-0.4, -0.2) is 18.2 Å². The molecule has 0 fully saturated rings. The molecule has 32 heavy (non-hydrogen) atoms. The molecule has 1 aliphatic rings. The van der Waals surface area contributed by atoms with E-state index in [4.69, 9.17) is 5.10 Å². The molecule has 0 saturated carbocycles. The van der Waals surface area contributed by atoms with Gasteiger partial charge in [0.25, 0.3) is 0 Å². The highest BCUT2D eigenvalue weighted by Crippen LogP contribution is 2.40. The van der Waals surface area contributed by atoms with Crippen LogP contribution in [-0.2, 0) is 4.79 Å². The van der Waals surface area contributed by atoms with Crippen LogP contribution in [0.1, 0.15) is 49.8 Å². The molecule has 1 N–H and O–H groups in total. The van der Waals surface area contributed by atoms with Crippen LogP contribution < -0.4 is 10.3 Å². The lowest BCUT2D eigenvalue weighted by molar-refractivity contribution is -0.123. The molecular formula is C28H31N3O. The normalized spacial score (nSPS) is 17.8. The number of carbonyl (C=O) groups excluding carboxylic acids is 1. The Morgan fingerprint density at radius 3 is 2.12 bits per heavy atom. The van der Waals surface area contributed by atoms with E-state index >= 15 is 0 Å². The summed E-state index contributed by atoms with van der Waals surface area (Å²) in [6.07, 6.45) is 4.52. The van der Waals surface area contributed by atoms with Gasteiger partial charge in [-0.1, -0.05) is 105 Å². The Hall–Kier alpha value is -3.40. The number of anilines is 1. The summed E-state index contributed by atoms with van der Waals surface area (Å²) in [7, 11) is 0. The van der Waals surface area contributed by atoms with Crippen molar-refractivity contribution in [1.82, 2.24) is 5.32 Å². The number of carbonyl (C=O) groups is 1. The fraction of sp³-hybridized carbons (Fsp3) is 0.286. The molecule has 0 aliphatic carbocycles. The Morgan fingerprint density at radius 1 is 0.844 bits per heavy atom. The van der Waals surface area contributed by atoms with Gasteiger partial charge in [0.15, 0.2) is 0 Å². The first-order chi connectivity index (χ1) is 15.8. The summed E-state index contributed by atoms with van der Waals surface area (Å²) >= 11 is 0. The second-order valence-corrected chi connectivity index (χ2v) is 8.22. The van der Waals surface area contributed by atoms with E-state index < -0.39 is 5.92 Å². The number of rotatable bonds is 9. The summed E-state index contributed by atoms with van der Waals surface area (Å²) in [6.45, 7) is 2.90. The molecule has 0 radical (unpaired) electrons. The van der Waals surface area contributed by atoms with E-state index in [2.05, 4.69) is 24.4 Å². The number of hydrogen-bond donors (Lipinski definition) is 1. The fourth-order valence-corrected chi connectivity index (χ4v) is 4.30. The van der Waals surface area contributed by atoms with Gasteiger partial charge in [-0.3, -0.25) is 9.80 Å². The Bertz CT molecular complexity index is 1020. The molecular weight excluding hydrogens is 394 g/mol. The first-order valence-electron chi connectivity index (χ1n) is 11.6. The molecule has 1 amide bonds. The predicted octanol–water partition coefficient (Wildman–Crippen LogP) is 5.96. The zero-order chi connectivity index (χ0) is 22.2. The zero-order valence-corrected chi connectivity index (χ0v) is 18.7. The predicted molar refractivity (Wildman–Crippen MR) is 132 cm³/mol. The summed E-state index contributed by atoms with van der Waals surface area (Å²) in [6, 6.07) is 30.2. The molecule has 0 saturated heterocycles. The van der Waals surface area contributed by atoms with Gasteiger partial charge in [0.05, 0.1) is 17.4 Å². The summed E-state index contributed by atoms with van der Waals surface area (Å²) in [4.78, 5) is 13.6. The molecule has 1 heterocycles. The number of nitrogens with one attached hydrogen (secondary N) is 1. The van der Waals surface area contributed by atoms with Crippen LogP contribution in [0.2, 0.25) is 0 Å². The number of nitrogens with zero attached hydrogens (tertiary/aromatic N) is 2. The van der Waals surface area contributed by atoms with E-state index in [0.717, 1.165) is 35.4 Å². The fourth-order valence-electron chi connectivity index (χ4n) is 4.30. The molecule has 4 nitrogen and oxygen atoms in total. The van der Waals surface area contributed by atoms with Crippen molar-refractivity contribution in [2.45, 2.75) is 38.6 Å². The lowest BCUT2D eigenvalue weighted by atomic mass is 9.86. The van der Waals surface area contributed by atoms with Gasteiger partial charge in [0.1, 0.15) is 5.92 Å². The van der Waals surface area contributed by atoms with Crippen LogP contribution >= 0.6 is 0 Å². The molecule has 1 aliphatic heterocycles. The van der Waals surface area contributed by atoms with E-state index in [1.54, 1.807) is 0 Å². The molecule has 3 aromatic rings. The number of hydrazone groups is 1. The van der Waals surface area contributed by atoms with Crippen molar-refractivity contribution in [1.29, 1.82) is 0 Å². The van der Waals surface area contributed by atoms with Crippen LogP contribution in [0.25, 0.3) is 0 Å². The van der Waals surface area contributed by atoms with Gasteiger partial charge in [-0.25, -0.2) is 0 Å². The second-order valence-electron chi connectivity index (χ2n) is 8.22. The summed E-state index contributed by atoms with van der Waals surface area (Å²) in [5, 5.41) is 10.3. The highest BCUT2D eigenvalue weighted by atomic mass is 16.2. The number of benzene rings is 3. The Morgan fingerprint density at radius 2 is 1.47 bits per heavy atom. The molecule has 0 bridgehead atoms. The first kappa shape index (κ1) is 21.8. The largest absolute Gasteiger partial charge is 0.355 e. The maximum Gasteiger partial charge on any atom is 0.231 e. The zero-order valence-electron chi connectivity index (χ0n) is 18.7. The number of amides is 1. The molecule has 3 aromatic carbocycles. The summed E-state index contributed by atoms with van der Waals surface area (Å²) in [5.74, 6) is -0.359. The topological polar surface area (TPSA) is 44.7 Å². The van der Waals surface area contributed by atoms with Gasteiger partial charge >= 0.3 is 0 Å². The van der Waals surface area contributed by atoms with Crippen LogP contribution in [0, 0.1) is 5.92 Å². The number of unbranched alkanes of at least 4 members (excludes halogenated alkanes) is 3. The molecule has 4 rings (SSSR count). The monoisotopic (exact) mass is 425 g/mol. The van der Waals surface area contributed by atoms with Crippen molar-refractivity contribution < 1.29 is 4.79 Å². The van der Waals surface area contributed by atoms with Crippen LogP contribution in [0.3, 0.4) is 0 Å². The minimum atomic E-state index is -0.397. The quantitative estimate of drug-likeness (QED) is 0.430. The van der Waals surface area contributed by atoms with Gasteiger partial charge < -0.3 is 5.32 Å². The lowest BCUT2D eigenvalue weighted by Gasteiger charge is -2.28. The Balaban J connectivity index is 1.71. The minimum Gasteiger partial charge on any atom is -0.355 e. The first-order valence-corrected chi connectivity index (χ1v) is 11.6. The molecule has 0 aromatic heterocycles. The van der Waals surface area contributed by atoms with Gasteiger partial charge in [-0.05, 0) is 29.7 Å². The van der Waals surface area contributed by atoms with E-state index in [-0.39, 0.29) is 11.9 Å². The molecule has 164 valence electrons. The van der Waals surface area contributed by atoms with E-state index in [9.17, 15) is 4.79 Å². The third-order valence-corrected chi connectivity index (χ3v) is 5.93.